The molecule has 1 aliphatic rings. The predicted molar refractivity (Wildman–Crippen MR) is 60.3 cm³/mol. The lowest BCUT2D eigenvalue weighted by molar-refractivity contribution is 0.295. The van der Waals surface area contributed by atoms with Gasteiger partial charge in [-0.05, 0) is 40.8 Å². The van der Waals surface area contributed by atoms with Gasteiger partial charge >= 0.3 is 0 Å². The van der Waals surface area contributed by atoms with E-state index in [2.05, 4.69) is 15.9 Å². The molecule has 3 heteroatoms. The van der Waals surface area contributed by atoms with Crippen LogP contribution in [0.1, 0.15) is 18.4 Å². The maximum Gasteiger partial charge on any atom is 0.137 e. The third-order valence-electron chi connectivity index (χ3n) is 2.43. The summed E-state index contributed by atoms with van der Waals surface area (Å²) < 4.78 is 6.76. The highest BCUT2D eigenvalue weighted by Gasteiger charge is 2.22. The molecule has 2 nitrogen and oxygen atoms in total. The molecule has 0 heterocycles. The van der Waals surface area contributed by atoms with Gasteiger partial charge in [0.15, 0.2) is 0 Å². The Morgan fingerprint density at radius 2 is 2.21 bits per heavy atom. The van der Waals surface area contributed by atoms with Gasteiger partial charge in [0.2, 0.25) is 0 Å². The Kier molecular flexibility index (Phi) is 3.08. The van der Waals surface area contributed by atoms with Gasteiger partial charge in [0, 0.05) is 12.1 Å². The van der Waals surface area contributed by atoms with Gasteiger partial charge < -0.3 is 10.5 Å². The maximum absolute atomic E-state index is 5.76. The van der Waals surface area contributed by atoms with E-state index in [9.17, 15) is 0 Å². The first-order valence-corrected chi connectivity index (χ1v) is 5.71. The summed E-state index contributed by atoms with van der Waals surface area (Å²) in [6.45, 7) is 1.36. The fraction of sp³-hybridized carbons (Fsp3) is 0.455. The summed E-state index contributed by atoms with van der Waals surface area (Å²) in [6, 6.07) is 5.98. The van der Waals surface area contributed by atoms with Gasteiger partial charge in [-0.15, -0.1) is 0 Å². The van der Waals surface area contributed by atoms with Crippen LogP contribution < -0.4 is 10.5 Å². The highest BCUT2D eigenvalue weighted by atomic mass is 79.9. The average molecular weight is 256 g/mol. The molecule has 0 amide bonds. The average Bonchev–Trinajstić information content (AvgIpc) is 2.99. The van der Waals surface area contributed by atoms with Crippen molar-refractivity contribution in [2.75, 3.05) is 6.61 Å². The number of halogens is 1. The lowest BCUT2D eigenvalue weighted by Gasteiger charge is -2.11. The number of hydrogen-bond acceptors (Lipinski definition) is 2. The van der Waals surface area contributed by atoms with E-state index < -0.39 is 0 Å². The summed E-state index contributed by atoms with van der Waals surface area (Å²) in [7, 11) is 0. The van der Waals surface area contributed by atoms with Crippen molar-refractivity contribution < 1.29 is 4.74 Å². The SMILES string of the molecule is NCc1cccc(Br)c1OCC1CC1. The first-order valence-electron chi connectivity index (χ1n) is 4.91. The van der Waals surface area contributed by atoms with Gasteiger partial charge in [0.05, 0.1) is 11.1 Å². The van der Waals surface area contributed by atoms with Crippen LogP contribution in [-0.4, -0.2) is 6.61 Å². The maximum atomic E-state index is 5.76. The molecule has 1 aliphatic carbocycles. The Balaban J connectivity index is 2.11. The van der Waals surface area contributed by atoms with E-state index in [4.69, 9.17) is 10.5 Å². The van der Waals surface area contributed by atoms with Crippen LogP contribution in [0.2, 0.25) is 0 Å². The van der Waals surface area contributed by atoms with Gasteiger partial charge in [0.25, 0.3) is 0 Å². The van der Waals surface area contributed by atoms with Crippen molar-refractivity contribution in [2.24, 2.45) is 11.7 Å². The second kappa shape index (κ2) is 4.32. The molecule has 76 valence electrons. The Morgan fingerprint density at radius 1 is 1.43 bits per heavy atom. The Hall–Kier alpha value is -0.540. The van der Waals surface area contributed by atoms with Crippen LogP contribution in [-0.2, 0) is 6.54 Å². The van der Waals surface area contributed by atoms with Crippen LogP contribution in [0.4, 0.5) is 0 Å². The van der Waals surface area contributed by atoms with Crippen molar-refractivity contribution in [2.45, 2.75) is 19.4 Å². The summed E-state index contributed by atoms with van der Waals surface area (Å²) in [5.74, 6) is 1.69. The van der Waals surface area contributed by atoms with E-state index in [1.807, 2.05) is 18.2 Å². The van der Waals surface area contributed by atoms with E-state index in [1.165, 1.54) is 12.8 Å². The number of para-hydroxylation sites is 1. The molecule has 0 aliphatic heterocycles. The Morgan fingerprint density at radius 3 is 2.86 bits per heavy atom. The highest BCUT2D eigenvalue weighted by molar-refractivity contribution is 9.10. The van der Waals surface area contributed by atoms with E-state index in [-0.39, 0.29) is 0 Å². The van der Waals surface area contributed by atoms with Gasteiger partial charge in [-0.3, -0.25) is 0 Å². The first kappa shape index (κ1) is 9.99. The zero-order chi connectivity index (χ0) is 9.97. The lowest BCUT2D eigenvalue weighted by atomic mass is 10.2. The number of benzene rings is 1. The molecule has 0 aromatic heterocycles. The second-order valence-corrected chi connectivity index (χ2v) is 4.54. The standard InChI is InChI=1S/C11H14BrNO/c12-10-3-1-2-9(6-13)11(10)14-7-8-4-5-8/h1-3,8H,4-7,13H2. The van der Waals surface area contributed by atoms with Crippen molar-refractivity contribution >= 4 is 15.9 Å². The van der Waals surface area contributed by atoms with Gasteiger partial charge in [-0.2, -0.15) is 0 Å². The molecule has 1 aromatic rings. The molecular formula is C11H14BrNO. The third-order valence-corrected chi connectivity index (χ3v) is 3.05. The molecule has 2 rings (SSSR count). The van der Waals surface area contributed by atoms with Gasteiger partial charge in [-0.25, -0.2) is 0 Å². The van der Waals surface area contributed by atoms with Crippen LogP contribution in [0.3, 0.4) is 0 Å². The molecule has 14 heavy (non-hydrogen) atoms. The molecule has 1 aromatic carbocycles. The molecule has 0 atom stereocenters. The van der Waals surface area contributed by atoms with Gasteiger partial charge in [-0.1, -0.05) is 12.1 Å². The summed E-state index contributed by atoms with van der Waals surface area (Å²) >= 11 is 3.48. The van der Waals surface area contributed by atoms with Crippen LogP contribution in [0.15, 0.2) is 22.7 Å². The summed E-state index contributed by atoms with van der Waals surface area (Å²) in [4.78, 5) is 0. The number of nitrogens with two attached hydrogens (primary N) is 1. The van der Waals surface area contributed by atoms with E-state index in [0.29, 0.717) is 6.54 Å². The molecule has 0 radical (unpaired) electrons. The summed E-state index contributed by atoms with van der Waals surface area (Å²) in [6.07, 6.45) is 2.62. The van der Waals surface area contributed by atoms with Crippen LogP contribution in [0.5, 0.6) is 5.75 Å². The van der Waals surface area contributed by atoms with E-state index >= 15 is 0 Å². The van der Waals surface area contributed by atoms with Crippen molar-refractivity contribution in [1.82, 2.24) is 0 Å². The van der Waals surface area contributed by atoms with E-state index in [1.54, 1.807) is 0 Å². The van der Waals surface area contributed by atoms with Crippen molar-refractivity contribution in [3.8, 4) is 5.75 Å². The largest absolute Gasteiger partial charge is 0.492 e. The fourth-order valence-electron chi connectivity index (χ4n) is 1.36. The van der Waals surface area contributed by atoms with Crippen molar-refractivity contribution in [3.05, 3.63) is 28.2 Å². The molecule has 1 saturated carbocycles. The third kappa shape index (κ3) is 2.28. The smallest absolute Gasteiger partial charge is 0.137 e. The Bertz CT molecular complexity index is 323. The number of rotatable bonds is 4. The normalized spacial score (nSPS) is 15.6. The monoisotopic (exact) mass is 255 g/mol. The van der Waals surface area contributed by atoms with Gasteiger partial charge in [0.1, 0.15) is 5.75 Å². The van der Waals surface area contributed by atoms with Crippen molar-refractivity contribution in [3.63, 3.8) is 0 Å². The molecule has 1 fully saturated rings. The molecule has 0 bridgehead atoms. The predicted octanol–water partition coefficient (Wildman–Crippen LogP) is 2.70. The van der Waals surface area contributed by atoms with Crippen LogP contribution >= 0.6 is 15.9 Å². The zero-order valence-corrected chi connectivity index (χ0v) is 9.59. The molecule has 0 unspecified atom stereocenters. The summed E-state index contributed by atoms with van der Waals surface area (Å²) in [5, 5.41) is 0. The first-order chi connectivity index (χ1) is 6.81. The number of hydrogen-bond donors (Lipinski definition) is 1. The molecule has 2 N–H and O–H groups in total. The minimum absolute atomic E-state index is 0.527. The summed E-state index contributed by atoms with van der Waals surface area (Å²) in [5.41, 5.74) is 6.71. The Labute approximate surface area is 92.6 Å². The molecule has 0 spiro atoms. The minimum Gasteiger partial charge on any atom is -0.492 e. The van der Waals surface area contributed by atoms with E-state index in [0.717, 1.165) is 28.3 Å². The lowest BCUT2D eigenvalue weighted by Crippen LogP contribution is -2.05. The van der Waals surface area contributed by atoms with Crippen molar-refractivity contribution in [1.29, 1.82) is 0 Å². The highest BCUT2D eigenvalue weighted by Crippen LogP contribution is 2.33. The quantitative estimate of drug-likeness (QED) is 0.898. The zero-order valence-electron chi connectivity index (χ0n) is 8.00. The molecule has 0 saturated heterocycles. The number of ether oxygens (including phenoxy) is 1. The topological polar surface area (TPSA) is 35.2 Å². The second-order valence-electron chi connectivity index (χ2n) is 3.69. The fourth-order valence-corrected chi connectivity index (χ4v) is 1.88. The minimum atomic E-state index is 0.527. The van der Waals surface area contributed by atoms with Crippen LogP contribution in [0.25, 0.3) is 0 Å². The molecular weight excluding hydrogens is 242 g/mol. The van der Waals surface area contributed by atoms with Crippen LogP contribution in [0, 0.1) is 5.92 Å².